The fourth-order valence-corrected chi connectivity index (χ4v) is 11.7. The van der Waals surface area contributed by atoms with Gasteiger partial charge in [-0.15, -0.1) is 11.3 Å². The van der Waals surface area contributed by atoms with Gasteiger partial charge in [-0.2, -0.15) is 0 Å². The minimum absolute atomic E-state index is 0.00159. The van der Waals surface area contributed by atoms with Crippen LogP contribution in [0.5, 0.6) is 0 Å². The molecular weight excluding hydrogens is 731 g/mol. The highest BCUT2D eigenvalue weighted by Crippen LogP contribution is 2.52. The maximum atomic E-state index is 2.63. The van der Waals surface area contributed by atoms with Crippen molar-refractivity contribution in [1.29, 1.82) is 0 Å². The maximum Gasteiger partial charge on any atom is 0.264 e. The molecular formula is C55H57BN2S. The standard InChI is InChI=1S/C55H57BN2S/c1-33(2)36-21-24-39(25-22-36)57-46-17-14-18-47-50(46)56(52-51(57)41-31-42-43(32-49(41)59-52)55(10,11)28-27-54(42,8)9)44-30-38(53(5,6)7)23-26-45(44)58(47)48-29-37(20-19-35(48)4)40-16-13-12-15-34(40)3/h12-26,29-33H,27-28H2,1-11H3. The number of nitrogens with zero attached hydrogens (tertiary/aromatic N) is 2. The lowest BCUT2D eigenvalue weighted by Gasteiger charge is -2.44. The lowest BCUT2D eigenvalue weighted by Crippen LogP contribution is -2.60. The summed E-state index contributed by atoms with van der Waals surface area (Å²) in [6.07, 6.45) is 2.40. The molecule has 0 saturated carbocycles. The van der Waals surface area contributed by atoms with Crippen LogP contribution in [0.1, 0.15) is 114 Å². The molecule has 0 spiro atoms. The van der Waals surface area contributed by atoms with Crippen LogP contribution in [0.25, 0.3) is 21.2 Å². The third kappa shape index (κ3) is 5.87. The van der Waals surface area contributed by atoms with Crippen LogP contribution >= 0.6 is 11.3 Å². The highest BCUT2D eigenvalue weighted by molar-refractivity contribution is 7.33. The summed E-state index contributed by atoms with van der Waals surface area (Å²) in [5.41, 5.74) is 21.5. The van der Waals surface area contributed by atoms with Crippen molar-refractivity contribution in [3.05, 3.63) is 149 Å². The molecule has 0 saturated heterocycles. The fraction of sp³-hybridized carbons (Fsp3) is 0.309. The van der Waals surface area contributed by atoms with Crippen molar-refractivity contribution in [3.8, 4) is 11.1 Å². The van der Waals surface area contributed by atoms with Gasteiger partial charge in [0.1, 0.15) is 0 Å². The summed E-state index contributed by atoms with van der Waals surface area (Å²) in [5.74, 6) is 0.467. The van der Waals surface area contributed by atoms with Crippen molar-refractivity contribution in [2.45, 2.75) is 111 Å². The van der Waals surface area contributed by atoms with Crippen molar-refractivity contribution < 1.29 is 0 Å². The quantitative estimate of drug-likeness (QED) is 0.164. The Kier molecular flexibility index (Phi) is 8.55. The molecule has 6 aromatic carbocycles. The van der Waals surface area contributed by atoms with E-state index in [9.17, 15) is 0 Å². The SMILES string of the molecule is Cc1ccccc1-c1ccc(C)c(N2c3ccc(C(C)(C)C)cc3B3c4sc5cc6c(cc5c4N(c4ccc(C(C)C)cc4)c4cccc2c43)C(C)(C)CCC6(C)C)c1. The Balaban J connectivity index is 1.30. The molecule has 10 rings (SSSR count). The van der Waals surface area contributed by atoms with Crippen LogP contribution in [0.3, 0.4) is 0 Å². The van der Waals surface area contributed by atoms with E-state index in [1.165, 1.54) is 117 Å². The Morgan fingerprint density at radius 1 is 0.644 bits per heavy atom. The molecule has 59 heavy (non-hydrogen) atoms. The summed E-state index contributed by atoms with van der Waals surface area (Å²) >= 11 is 2.04. The summed E-state index contributed by atoms with van der Waals surface area (Å²) in [6, 6.07) is 44.9. The zero-order valence-electron chi connectivity index (χ0n) is 36.8. The van der Waals surface area contributed by atoms with Gasteiger partial charge in [-0.05, 0) is 153 Å². The number of rotatable bonds is 4. The van der Waals surface area contributed by atoms with E-state index in [2.05, 4.69) is 201 Å². The molecule has 1 aromatic heterocycles. The van der Waals surface area contributed by atoms with Gasteiger partial charge in [0.2, 0.25) is 0 Å². The number of hydrogen-bond donors (Lipinski definition) is 0. The fourth-order valence-electron chi connectivity index (χ4n) is 10.4. The number of benzene rings is 6. The molecule has 3 aliphatic rings. The van der Waals surface area contributed by atoms with E-state index in [-0.39, 0.29) is 23.0 Å². The molecule has 2 nitrogen and oxygen atoms in total. The molecule has 4 heteroatoms. The van der Waals surface area contributed by atoms with Gasteiger partial charge in [0.05, 0.1) is 5.69 Å². The van der Waals surface area contributed by atoms with E-state index < -0.39 is 0 Å². The average molecular weight is 789 g/mol. The number of hydrogen-bond acceptors (Lipinski definition) is 3. The second-order valence-corrected chi connectivity index (χ2v) is 21.5. The lowest BCUT2D eigenvalue weighted by molar-refractivity contribution is 0.332. The molecule has 296 valence electrons. The van der Waals surface area contributed by atoms with E-state index >= 15 is 0 Å². The number of anilines is 6. The zero-order chi connectivity index (χ0) is 41.3. The predicted molar refractivity (Wildman–Crippen MR) is 259 cm³/mol. The van der Waals surface area contributed by atoms with Crippen molar-refractivity contribution in [2.75, 3.05) is 9.80 Å². The van der Waals surface area contributed by atoms with Crippen LogP contribution in [-0.4, -0.2) is 6.71 Å². The Morgan fingerprint density at radius 2 is 1.32 bits per heavy atom. The number of aryl methyl sites for hydroxylation is 2. The van der Waals surface area contributed by atoms with Gasteiger partial charge >= 0.3 is 0 Å². The second-order valence-electron chi connectivity index (χ2n) is 20.4. The van der Waals surface area contributed by atoms with E-state index in [0.29, 0.717) is 5.92 Å². The molecule has 1 aliphatic carbocycles. The highest BCUT2D eigenvalue weighted by Gasteiger charge is 2.46. The largest absolute Gasteiger partial charge is 0.311 e. The minimum Gasteiger partial charge on any atom is -0.311 e. The molecule has 0 N–H and O–H groups in total. The summed E-state index contributed by atoms with van der Waals surface area (Å²) in [5, 5.41) is 1.39. The van der Waals surface area contributed by atoms with Crippen LogP contribution in [0.4, 0.5) is 34.1 Å². The molecule has 0 atom stereocenters. The van der Waals surface area contributed by atoms with Gasteiger partial charge in [-0.1, -0.05) is 129 Å². The maximum absolute atomic E-state index is 2.63. The first-order chi connectivity index (χ1) is 28.0. The van der Waals surface area contributed by atoms with Crippen molar-refractivity contribution in [2.24, 2.45) is 0 Å². The van der Waals surface area contributed by atoms with Crippen molar-refractivity contribution in [1.82, 2.24) is 0 Å². The first-order valence-electron chi connectivity index (χ1n) is 21.8. The molecule has 0 bridgehead atoms. The van der Waals surface area contributed by atoms with E-state index in [4.69, 9.17) is 0 Å². The predicted octanol–water partition coefficient (Wildman–Crippen LogP) is 14.0. The van der Waals surface area contributed by atoms with Crippen LogP contribution in [0, 0.1) is 13.8 Å². The monoisotopic (exact) mass is 788 g/mol. The van der Waals surface area contributed by atoms with Crippen molar-refractivity contribution in [3.63, 3.8) is 0 Å². The molecule has 0 radical (unpaired) electrons. The van der Waals surface area contributed by atoms with Crippen molar-refractivity contribution >= 4 is 78.0 Å². The summed E-state index contributed by atoms with van der Waals surface area (Å²) in [7, 11) is 0. The lowest BCUT2D eigenvalue weighted by atomic mass is 9.36. The van der Waals surface area contributed by atoms with Gasteiger partial charge in [-0.25, -0.2) is 0 Å². The summed E-state index contributed by atoms with van der Waals surface area (Å²) < 4.78 is 2.85. The molecule has 0 unspecified atom stereocenters. The van der Waals surface area contributed by atoms with Crippen LogP contribution in [-0.2, 0) is 16.2 Å². The Bertz CT molecular complexity index is 2830. The number of thiophene rings is 1. The summed E-state index contributed by atoms with van der Waals surface area (Å²) in [4.78, 5) is 5.23. The van der Waals surface area contributed by atoms with E-state index in [1.807, 2.05) is 11.3 Å². The Hall–Kier alpha value is -5.06. The van der Waals surface area contributed by atoms with Crippen LogP contribution in [0.15, 0.2) is 115 Å². The van der Waals surface area contributed by atoms with E-state index in [0.717, 1.165) is 0 Å². The molecule has 0 amide bonds. The normalized spacial score (nSPS) is 16.2. The van der Waals surface area contributed by atoms with Gasteiger partial charge in [0.25, 0.3) is 6.71 Å². The second kappa shape index (κ2) is 13.2. The van der Waals surface area contributed by atoms with Gasteiger partial charge in [-0.3, -0.25) is 0 Å². The van der Waals surface area contributed by atoms with Gasteiger partial charge < -0.3 is 9.80 Å². The topological polar surface area (TPSA) is 6.48 Å². The van der Waals surface area contributed by atoms with Gasteiger partial charge in [0.15, 0.2) is 0 Å². The third-order valence-corrected chi connectivity index (χ3v) is 15.4. The van der Waals surface area contributed by atoms with Gasteiger partial charge in [0, 0.05) is 43.3 Å². The number of fused-ring (bicyclic) bond motifs is 7. The first kappa shape index (κ1) is 38.2. The molecule has 2 aliphatic heterocycles. The highest BCUT2D eigenvalue weighted by atomic mass is 32.1. The minimum atomic E-state index is -0.00159. The molecule has 3 heterocycles. The first-order valence-corrected chi connectivity index (χ1v) is 22.6. The summed E-state index contributed by atoms with van der Waals surface area (Å²) in [6.45, 7) is 26.1. The Labute approximate surface area is 357 Å². The van der Waals surface area contributed by atoms with Crippen LogP contribution < -0.4 is 25.5 Å². The molecule has 7 aromatic rings. The zero-order valence-corrected chi connectivity index (χ0v) is 37.7. The van der Waals surface area contributed by atoms with Crippen LogP contribution in [0.2, 0.25) is 0 Å². The smallest absolute Gasteiger partial charge is 0.264 e. The third-order valence-electron chi connectivity index (χ3n) is 14.1. The van der Waals surface area contributed by atoms with E-state index in [1.54, 1.807) is 0 Å². The molecule has 0 fully saturated rings. The Morgan fingerprint density at radius 3 is 2.00 bits per heavy atom. The average Bonchev–Trinajstić information content (AvgIpc) is 3.57.